The molecule has 2 aliphatic heterocycles. The van der Waals surface area contributed by atoms with Crippen molar-refractivity contribution in [2.24, 2.45) is 0 Å². The Labute approximate surface area is 113 Å². The van der Waals surface area contributed by atoms with Crippen LogP contribution in [0.1, 0.15) is 32.1 Å². The molecule has 0 aromatic carbocycles. The van der Waals surface area contributed by atoms with Crippen molar-refractivity contribution >= 4 is 17.7 Å². The van der Waals surface area contributed by atoms with Crippen LogP contribution < -0.4 is 5.32 Å². The van der Waals surface area contributed by atoms with Crippen LogP contribution in [0.3, 0.4) is 0 Å². The highest BCUT2D eigenvalue weighted by molar-refractivity contribution is 6.05. The number of likely N-dealkylation sites (tertiary alicyclic amines) is 2. The molecule has 0 aliphatic carbocycles. The highest BCUT2D eigenvalue weighted by Gasteiger charge is 2.36. The molecule has 0 spiro atoms. The largest absolute Gasteiger partial charge is 0.342 e. The van der Waals surface area contributed by atoms with Crippen LogP contribution in [0, 0.1) is 0 Å². The Hall–Kier alpha value is -1.43. The molecule has 2 rings (SSSR count). The van der Waals surface area contributed by atoms with E-state index in [4.69, 9.17) is 0 Å². The van der Waals surface area contributed by atoms with Gasteiger partial charge in [0.15, 0.2) is 0 Å². The molecule has 6 heteroatoms. The molecule has 2 heterocycles. The summed E-state index contributed by atoms with van der Waals surface area (Å²) in [5, 5.41) is 2.91. The lowest BCUT2D eigenvalue weighted by Gasteiger charge is -2.21. The van der Waals surface area contributed by atoms with Gasteiger partial charge in [0, 0.05) is 20.1 Å². The lowest BCUT2D eigenvalue weighted by Crippen LogP contribution is -2.44. The smallest absolute Gasteiger partial charge is 0.246 e. The molecule has 3 amide bonds. The van der Waals surface area contributed by atoms with Crippen LogP contribution >= 0.6 is 0 Å². The van der Waals surface area contributed by atoms with E-state index >= 15 is 0 Å². The van der Waals surface area contributed by atoms with E-state index in [2.05, 4.69) is 5.32 Å². The van der Waals surface area contributed by atoms with Gasteiger partial charge in [0.2, 0.25) is 17.7 Å². The summed E-state index contributed by atoms with van der Waals surface area (Å²) in [5.41, 5.74) is 0. The molecule has 2 saturated heterocycles. The van der Waals surface area contributed by atoms with Crippen molar-refractivity contribution in [3.63, 3.8) is 0 Å². The number of rotatable bonds is 3. The fourth-order valence-corrected chi connectivity index (χ4v) is 2.56. The fraction of sp³-hybridized carbons (Fsp3) is 0.769. The number of imide groups is 1. The molecule has 1 atom stereocenters. The third kappa shape index (κ3) is 3.32. The second-order valence-corrected chi connectivity index (χ2v) is 5.22. The second-order valence-electron chi connectivity index (χ2n) is 5.22. The Bertz CT molecular complexity index is 375. The highest BCUT2D eigenvalue weighted by Crippen LogP contribution is 2.11. The molecule has 2 aliphatic rings. The zero-order valence-electron chi connectivity index (χ0n) is 11.4. The molecule has 2 fully saturated rings. The molecule has 19 heavy (non-hydrogen) atoms. The quantitative estimate of drug-likeness (QED) is 0.715. The van der Waals surface area contributed by atoms with Gasteiger partial charge < -0.3 is 4.90 Å². The molecule has 0 bridgehead atoms. The molecule has 0 aromatic rings. The number of nitrogens with zero attached hydrogens (tertiary/aromatic N) is 2. The Morgan fingerprint density at radius 1 is 1.21 bits per heavy atom. The highest BCUT2D eigenvalue weighted by atomic mass is 16.2. The molecule has 6 nitrogen and oxygen atoms in total. The van der Waals surface area contributed by atoms with E-state index in [1.165, 1.54) is 19.9 Å². The van der Waals surface area contributed by atoms with Crippen molar-refractivity contribution in [2.75, 3.05) is 26.7 Å². The van der Waals surface area contributed by atoms with Gasteiger partial charge in [-0.05, 0) is 12.8 Å². The number of likely N-dealkylation sites (N-methyl/N-ethyl adjacent to an activating group) is 1. The van der Waals surface area contributed by atoms with E-state index in [1.54, 1.807) is 0 Å². The lowest BCUT2D eigenvalue weighted by atomic mass is 10.2. The maximum atomic E-state index is 12.0. The Balaban J connectivity index is 1.80. The first-order chi connectivity index (χ1) is 9.09. The van der Waals surface area contributed by atoms with Crippen LogP contribution in [0.2, 0.25) is 0 Å². The maximum Gasteiger partial charge on any atom is 0.246 e. The average molecular weight is 267 g/mol. The Morgan fingerprint density at radius 2 is 1.84 bits per heavy atom. The summed E-state index contributed by atoms with van der Waals surface area (Å²) in [6, 6.07) is -0.534. The van der Waals surface area contributed by atoms with Gasteiger partial charge in [-0.25, -0.2) is 0 Å². The predicted molar refractivity (Wildman–Crippen MR) is 69.2 cm³/mol. The molecular formula is C13H21N3O3. The van der Waals surface area contributed by atoms with E-state index in [1.807, 2.05) is 4.90 Å². The average Bonchev–Trinajstić information content (AvgIpc) is 2.65. The first kappa shape index (κ1) is 14.0. The fourth-order valence-electron chi connectivity index (χ4n) is 2.56. The van der Waals surface area contributed by atoms with Gasteiger partial charge in [0.05, 0.1) is 19.0 Å². The van der Waals surface area contributed by atoms with Gasteiger partial charge in [0.25, 0.3) is 0 Å². The van der Waals surface area contributed by atoms with E-state index in [0.29, 0.717) is 0 Å². The summed E-state index contributed by atoms with van der Waals surface area (Å²) < 4.78 is 0. The van der Waals surface area contributed by atoms with Crippen molar-refractivity contribution in [1.82, 2.24) is 15.1 Å². The van der Waals surface area contributed by atoms with Crippen LogP contribution in [0.25, 0.3) is 0 Å². The van der Waals surface area contributed by atoms with Crippen LogP contribution in [0.15, 0.2) is 0 Å². The maximum absolute atomic E-state index is 12.0. The normalized spacial score (nSPS) is 24.8. The SMILES string of the molecule is CN1C(=O)CC(NCC(=O)N2CCCCCC2)C1=O. The molecule has 0 radical (unpaired) electrons. The van der Waals surface area contributed by atoms with Crippen molar-refractivity contribution in [2.45, 2.75) is 38.1 Å². The van der Waals surface area contributed by atoms with Gasteiger partial charge in [-0.3, -0.25) is 24.6 Å². The van der Waals surface area contributed by atoms with Gasteiger partial charge >= 0.3 is 0 Å². The second kappa shape index (κ2) is 6.14. The molecule has 0 aromatic heterocycles. The van der Waals surface area contributed by atoms with Gasteiger partial charge in [-0.15, -0.1) is 0 Å². The summed E-state index contributed by atoms with van der Waals surface area (Å²) >= 11 is 0. The van der Waals surface area contributed by atoms with Crippen LogP contribution in [0.5, 0.6) is 0 Å². The first-order valence-electron chi connectivity index (χ1n) is 6.91. The first-order valence-corrected chi connectivity index (χ1v) is 6.91. The van der Waals surface area contributed by atoms with Gasteiger partial charge in [0.1, 0.15) is 0 Å². The number of carbonyl (C=O) groups is 3. The topological polar surface area (TPSA) is 69.7 Å². The third-order valence-electron chi connectivity index (χ3n) is 3.84. The Morgan fingerprint density at radius 3 is 2.37 bits per heavy atom. The number of hydrogen-bond donors (Lipinski definition) is 1. The molecule has 1 N–H and O–H groups in total. The summed E-state index contributed by atoms with van der Waals surface area (Å²) in [6.07, 6.45) is 4.61. The molecule has 0 saturated carbocycles. The zero-order chi connectivity index (χ0) is 13.8. The molecular weight excluding hydrogens is 246 g/mol. The minimum atomic E-state index is -0.534. The number of carbonyl (C=O) groups excluding carboxylic acids is 3. The standard InChI is InChI=1S/C13H21N3O3/c1-15-11(17)8-10(13(15)19)14-9-12(18)16-6-4-2-3-5-7-16/h10,14H,2-9H2,1H3. The van der Waals surface area contributed by atoms with Crippen molar-refractivity contribution < 1.29 is 14.4 Å². The van der Waals surface area contributed by atoms with Crippen molar-refractivity contribution in [3.05, 3.63) is 0 Å². The number of amides is 3. The van der Waals surface area contributed by atoms with Crippen LogP contribution in [-0.2, 0) is 14.4 Å². The van der Waals surface area contributed by atoms with E-state index in [9.17, 15) is 14.4 Å². The summed E-state index contributed by atoms with van der Waals surface area (Å²) in [5.74, 6) is -0.407. The van der Waals surface area contributed by atoms with Gasteiger partial charge in [-0.1, -0.05) is 12.8 Å². The number of nitrogens with one attached hydrogen (secondary N) is 1. The number of hydrogen-bond acceptors (Lipinski definition) is 4. The Kier molecular flexibility index (Phi) is 4.52. The molecule has 1 unspecified atom stereocenters. The molecule has 106 valence electrons. The lowest BCUT2D eigenvalue weighted by molar-refractivity contribution is -0.137. The summed E-state index contributed by atoms with van der Waals surface area (Å²) in [4.78, 5) is 38.0. The summed E-state index contributed by atoms with van der Waals surface area (Å²) in [6.45, 7) is 1.74. The monoisotopic (exact) mass is 267 g/mol. The van der Waals surface area contributed by atoms with Gasteiger partial charge in [-0.2, -0.15) is 0 Å². The van der Waals surface area contributed by atoms with Crippen LogP contribution in [-0.4, -0.2) is 60.2 Å². The van der Waals surface area contributed by atoms with Crippen molar-refractivity contribution in [3.8, 4) is 0 Å². The van der Waals surface area contributed by atoms with Crippen LogP contribution in [0.4, 0.5) is 0 Å². The van der Waals surface area contributed by atoms with E-state index < -0.39 is 6.04 Å². The van der Waals surface area contributed by atoms with E-state index in [0.717, 1.165) is 30.8 Å². The minimum Gasteiger partial charge on any atom is -0.342 e. The van der Waals surface area contributed by atoms with Crippen molar-refractivity contribution in [1.29, 1.82) is 0 Å². The predicted octanol–water partition coefficient (Wildman–Crippen LogP) is -0.264. The minimum absolute atomic E-state index is 0.0247. The van der Waals surface area contributed by atoms with E-state index in [-0.39, 0.29) is 30.7 Å². The summed E-state index contributed by atoms with van der Waals surface area (Å²) in [7, 11) is 1.48. The zero-order valence-corrected chi connectivity index (χ0v) is 11.4. The third-order valence-corrected chi connectivity index (χ3v) is 3.84.